The number of methoxy groups -OCH3 is 1. The molecule has 0 spiro atoms. The Balaban J connectivity index is 1.36. The number of anilines is 2. The van der Waals surface area contributed by atoms with E-state index >= 15 is 0 Å². The van der Waals surface area contributed by atoms with Crippen LogP contribution in [0.5, 0.6) is 0 Å². The summed E-state index contributed by atoms with van der Waals surface area (Å²) in [5, 5.41) is 12.0. The zero-order valence-corrected chi connectivity index (χ0v) is 16.7. The highest BCUT2D eigenvalue weighted by atomic mass is 32.1. The molecule has 4 rings (SSSR count). The Morgan fingerprint density at radius 1 is 1.14 bits per heavy atom. The van der Waals surface area contributed by atoms with E-state index in [1.165, 1.54) is 11.3 Å². The van der Waals surface area contributed by atoms with E-state index in [9.17, 15) is 0 Å². The molecule has 0 aliphatic carbocycles. The number of hydrogen-bond acceptors (Lipinski definition) is 9. The van der Waals surface area contributed by atoms with Gasteiger partial charge in [0.15, 0.2) is 0 Å². The fourth-order valence-corrected chi connectivity index (χ4v) is 3.84. The van der Waals surface area contributed by atoms with Gasteiger partial charge in [0.05, 0.1) is 31.7 Å². The van der Waals surface area contributed by atoms with Crippen LogP contribution in [0, 0.1) is 0 Å². The Morgan fingerprint density at radius 3 is 2.82 bits per heavy atom. The molecule has 10 heteroatoms. The van der Waals surface area contributed by atoms with E-state index in [4.69, 9.17) is 9.47 Å². The highest BCUT2D eigenvalue weighted by Gasteiger charge is 2.12. The largest absolute Gasteiger partial charge is 0.383 e. The Hall–Kier alpha value is -2.27. The highest BCUT2D eigenvalue weighted by Crippen LogP contribution is 2.26. The molecule has 0 saturated carbocycles. The predicted octanol–water partition coefficient (Wildman–Crippen LogP) is 1.66. The Kier molecular flexibility index (Phi) is 6.32. The van der Waals surface area contributed by atoms with Crippen molar-refractivity contribution < 1.29 is 9.47 Å². The van der Waals surface area contributed by atoms with E-state index < -0.39 is 0 Å². The lowest BCUT2D eigenvalue weighted by Crippen LogP contribution is -2.39. The Bertz CT molecular complexity index is 874. The van der Waals surface area contributed by atoms with Gasteiger partial charge in [-0.05, 0) is 12.1 Å². The maximum atomic E-state index is 5.37. The van der Waals surface area contributed by atoms with Gasteiger partial charge < -0.3 is 20.1 Å². The number of imidazole rings is 1. The van der Waals surface area contributed by atoms with Crippen molar-refractivity contribution in [1.82, 2.24) is 24.5 Å². The molecule has 1 aliphatic heterocycles. The molecule has 4 heterocycles. The average Bonchev–Trinajstić information content (AvgIpc) is 3.30. The average molecular weight is 404 g/mol. The number of nitrogens with zero attached hydrogens (tertiary/aromatic N) is 5. The van der Waals surface area contributed by atoms with Crippen molar-refractivity contribution in [3.8, 4) is 11.3 Å². The minimum absolute atomic E-state index is 0.638. The van der Waals surface area contributed by atoms with Crippen molar-refractivity contribution >= 4 is 27.2 Å². The smallest absolute Gasteiger partial charge is 0.214 e. The summed E-state index contributed by atoms with van der Waals surface area (Å²) in [4.78, 5) is 12.2. The summed E-state index contributed by atoms with van der Waals surface area (Å²) in [6.45, 7) is 6.87. The standard InChI is InChI=1S/C18H25N7O2S/c1-26-9-5-20-17-23-25-15(13-22-18(25)28-17)14-2-3-16(21-12-14)19-4-6-24-7-10-27-11-8-24/h2-3,12-13H,4-11H2,1H3,(H,19,21)(H,20,23). The number of nitrogens with one attached hydrogen (secondary N) is 2. The highest BCUT2D eigenvalue weighted by molar-refractivity contribution is 7.20. The van der Waals surface area contributed by atoms with Crippen molar-refractivity contribution in [2.75, 3.05) is 70.3 Å². The van der Waals surface area contributed by atoms with Crippen molar-refractivity contribution in [1.29, 1.82) is 0 Å². The summed E-state index contributed by atoms with van der Waals surface area (Å²) in [5.74, 6) is 0.873. The van der Waals surface area contributed by atoms with Gasteiger partial charge in [0.1, 0.15) is 5.82 Å². The first kappa shape index (κ1) is 19.1. The van der Waals surface area contributed by atoms with E-state index in [-0.39, 0.29) is 0 Å². The van der Waals surface area contributed by atoms with E-state index in [1.807, 2.05) is 29.0 Å². The third kappa shape index (κ3) is 4.58. The molecule has 9 nitrogen and oxygen atoms in total. The van der Waals surface area contributed by atoms with E-state index in [1.54, 1.807) is 7.11 Å². The van der Waals surface area contributed by atoms with Crippen LogP contribution in [0.25, 0.3) is 16.2 Å². The maximum Gasteiger partial charge on any atom is 0.214 e. The molecule has 3 aromatic rings. The van der Waals surface area contributed by atoms with Crippen LogP contribution in [0.2, 0.25) is 0 Å². The van der Waals surface area contributed by atoms with Crippen LogP contribution in [-0.2, 0) is 9.47 Å². The molecular weight excluding hydrogens is 378 g/mol. The topological polar surface area (TPSA) is 88.8 Å². The number of fused-ring (bicyclic) bond motifs is 1. The molecule has 1 fully saturated rings. The lowest BCUT2D eigenvalue weighted by Gasteiger charge is -2.26. The van der Waals surface area contributed by atoms with E-state index in [2.05, 4.69) is 30.6 Å². The Labute approximate surface area is 167 Å². The second kappa shape index (κ2) is 9.28. The summed E-state index contributed by atoms with van der Waals surface area (Å²) < 4.78 is 12.3. The molecule has 1 saturated heterocycles. The zero-order valence-electron chi connectivity index (χ0n) is 15.9. The third-order valence-corrected chi connectivity index (χ3v) is 5.45. The number of ether oxygens (including phenoxy) is 2. The fourth-order valence-electron chi connectivity index (χ4n) is 3.04. The summed E-state index contributed by atoms with van der Waals surface area (Å²) in [6, 6.07) is 4.04. The lowest BCUT2D eigenvalue weighted by atomic mass is 10.2. The van der Waals surface area contributed by atoms with Gasteiger partial charge in [-0.2, -0.15) is 0 Å². The molecule has 0 aromatic carbocycles. The number of rotatable bonds is 9. The van der Waals surface area contributed by atoms with Crippen LogP contribution in [0.4, 0.5) is 10.9 Å². The zero-order chi connectivity index (χ0) is 19.2. The lowest BCUT2D eigenvalue weighted by molar-refractivity contribution is 0.0398. The quantitative estimate of drug-likeness (QED) is 0.522. The second-order valence-corrected chi connectivity index (χ2v) is 7.43. The molecule has 0 bridgehead atoms. The maximum absolute atomic E-state index is 5.37. The van der Waals surface area contributed by atoms with Crippen molar-refractivity contribution in [2.45, 2.75) is 0 Å². The van der Waals surface area contributed by atoms with Crippen molar-refractivity contribution in [3.05, 3.63) is 24.5 Å². The van der Waals surface area contributed by atoms with Gasteiger partial charge in [-0.3, -0.25) is 4.90 Å². The fraction of sp³-hybridized carbons (Fsp3) is 0.500. The molecule has 0 amide bonds. The molecule has 1 aliphatic rings. The van der Waals surface area contributed by atoms with Crippen LogP contribution in [-0.4, -0.2) is 84.1 Å². The van der Waals surface area contributed by atoms with Crippen LogP contribution in [0.1, 0.15) is 0 Å². The molecule has 3 aromatic heterocycles. The summed E-state index contributed by atoms with van der Waals surface area (Å²) in [5.41, 5.74) is 1.92. The van der Waals surface area contributed by atoms with Crippen LogP contribution >= 0.6 is 11.3 Å². The number of hydrogen-bond donors (Lipinski definition) is 2. The van der Waals surface area contributed by atoms with Gasteiger partial charge in [-0.1, -0.05) is 11.3 Å². The molecule has 150 valence electrons. The van der Waals surface area contributed by atoms with Gasteiger partial charge >= 0.3 is 0 Å². The second-order valence-electron chi connectivity index (χ2n) is 6.48. The van der Waals surface area contributed by atoms with Gasteiger partial charge in [0.2, 0.25) is 10.1 Å². The first-order valence-corrected chi connectivity index (χ1v) is 10.2. The van der Waals surface area contributed by atoms with Gasteiger partial charge in [0, 0.05) is 51.6 Å². The number of pyridine rings is 1. The number of morpholine rings is 1. The van der Waals surface area contributed by atoms with Crippen LogP contribution in [0.15, 0.2) is 24.5 Å². The van der Waals surface area contributed by atoms with Crippen molar-refractivity contribution in [3.63, 3.8) is 0 Å². The summed E-state index contributed by atoms with van der Waals surface area (Å²) in [7, 11) is 1.68. The minimum Gasteiger partial charge on any atom is -0.383 e. The first-order chi connectivity index (χ1) is 13.8. The molecular formula is C18H25N7O2S. The number of aromatic nitrogens is 4. The SMILES string of the molecule is COCCNc1nn2c(-c3ccc(NCCN4CCOCC4)nc3)cnc2s1. The van der Waals surface area contributed by atoms with Crippen LogP contribution < -0.4 is 10.6 Å². The monoisotopic (exact) mass is 403 g/mol. The summed E-state index contributed by atoms with van der Waals surface area (Å²) in [6.07, 6.45) is 3.69. The van der Waals surface area contributed by atoms with Gasteiger partial charge in [-0.25, -0.2) is 14.5 Å². The summed E-state index contributed by atoms with van der Waals surface area (Å²) >= 11 is 1.52. The molecule has 2 N–H and O–H groups in total. The van der Waals surface area contributed by atoms with Gasteiger partial charge in [-0.15, -0.1) is 5.10 Å². The third-order valence-electron chi connectivity index (χ3n) is 4.56. The van der Waals surface area contributed by atoms with Gasteiger partial charge in [0.25, 0.3) is 0 Å². The normalized spacial score (nSPS) is 15.2. The molecule has 28 heavy (non-hydrogen) atoms. The Morgan fingerprint density at radius 2 is 2.04 bits per heavy atom. The van der Waals surface area contributed by atoms with E-state index in [0.717, 1.165) is 73.1 Å². The van der Waals surface area contributed by atoms with Crippen LogP contribution in [0.3, 0.4) is 0 Å². The molecule has 0 radical (unpaired) electrons. The van der Waals surface area contributed by atoms with E-state index in [0.29, 0.717) is 6.61 Å². The molecule has 0 unspecified atom stereocenters. The minimum atomic E-state index is 0.638. The predicted molar refractivity (Wildman–Crippen MR) is 110 cm³/mol. The molecule has 0 atom stereocenters. The first-order valence-electron chi connectivity index (χ1n) is 9.41. The van der Waals surface area contributed by atoms with Crippen molar-refractivity contribution in [2.24, 2.45) is 0 Å².